The number of nitrogens with zero attached hydrogens (tertiary/aromatic N) is 1. The first-order valence-corrected chi connectivity index (χ1v) is 6.13. The van der Waals surface area contributed by atoms with Crippen LogP contribution in [0.2, 0.25) is 0 Å². The van der Waals surface area contributed by atoms with Crippen LogP contribution in [-0.2, 0) is 6.54 Å². The van der Waals surface area contributed by atoms with Gasteiger partial charge in [-0.05, 0) is 25.1 Å². The molecule has 0 aliphatic heterocycles. The minimum absolute atomic E-state index is 0.0872. The molecule has 18 heavy (non-hydrogen) atoms. The Bertz CT molecular complexity index is 582. The van der Waals surface area contributed by atoms with Crippen molar-refractivity contribution in [2.24, 2.45) is 0 Å². The zero-order valence-electron chi connectivity index (χ0n) is 9.74. The summed E-state index contributed by atoms with van der Waals surface area (Å²) in [5, 5.41) is 2.64. The van der Waals surface area contributed by atoms with Crippen molar-refractivity contribution in [3.05, 3.63) is 45.5 Å². The summed E-state index contributed by atoms with van der Waals surface area (Å²) in [7, 11) is 0. The summed E-state index contributed by atoms with van der Waals surface area (Å²) in [6.07, 6.45) is 1.31. The van der Waals surface area contributed by atoms with Gasteiger partial charge in [0.05, 0.1) is 12.1 Å². The molecular formula is C12H12FN3OS. The van der Waals surface area contributed by atoms with Crippen LogP contribution < -0.4 is 11.1 Å². The molecule has 0 aromatic carbocycles. The maximum atomic E-state index is 13.5. The number of hydrogen-bond acceptors (Lipinski definition) is 4. The molecule has 2 heterocycles. The Balaban J connectivity index is 2.06. The average molecular weight is 265 g/mol. The van der Waals surface area contributed by atoms with Crippen LogP contribution in [0, 0.1) is 12.7 Å². The van der Waals surface area contributed by atoms with Crippen LogP contribution in [0.1, 0.15) is 20.1 Å². The van der Waals surface area contributed by atoms with Crippen LogP contribution >= 0.6 is 11.3 Å². The summed E-state index contributed by atoms with van der Waals surface area (Å²) in [4.78, 5) is 17.5. The lowest BCUT2D eigenvalue weighted by Crippen LogP contribution is -2.24. The minimum Gasteiger partial charge on any atom is -0.381 e. The summed E-state index contributed by atoms with van der Waals surface area (Å²) >= 11 is 1.59. The summed E-state index contributed by atoms with van der Waals surface area (Å²) in [6.45, 7) is 2.36. The molecule has 2 aromatic rings. The highest BCUT2D eigenvalue weighted by atomic mass is 32.1. The number of carbonyl (C=O) groups is 1. The molecule has 0 fully saturated rings. The molecule has 2 aromatic heterocycles. The van der Waals surface area contributed by atoms with Crippen molar-refractivity contribution in [3.63, 3.8) is 0 Å². The number of carbonyl (C=O) groups excluding carboxylic acids is 1. The molecule has 1 amide bonds. The van der Waals surface area contributed by atoms with E-state index in [-0.39, 0.29) is 11.4 Å². The van der Waals surface area contributed by atoms with E-state index in [0.717, 1.165) is 4.88 Å². The molecule has 6 heteroatoms. The second-order valence-corrected chi connectivity index (χ2v) is 5.13. The summed E-state index contributed by atoms with van der Waals surface area (Å²) < 4.78 is 13.5. The van der Waals surface area contributed by atoms with Gasteiger partial charge in [0.15, 0.2) is 11.6 Å². The third kappa shape index (κ3) is 2.65. The Morgan fingerprint density at radius 3 is 2.94 bits per heavy atom. The highest BCUT2D eigenvalue weighted by Crippen LogP contribution is 2.15. The van der Waals surface area contributed by atoms with Gasteiger partial charge in [-0.1, -0.05) is 0 Å². The van der Waals surface area contributed by atoms with Crippen LogP contribution in [-0.4, -0.2) is 10.9 Å². The van der Waals surface area contributed by atoms with Gasteiger partial charge in [0.2, 0.25) is 0 Å². The number of nitrogen functional groups attached to an aromatic ring is 1. The molecule has 0 spiro atoms. The van der Waals surface area contributed by atoms with Crippen molar-refractivity contribution in [1.82, 2.24) is 10.3 Å². The van der Waals surface area contributed by atoms with Crippen LogP contribution in [0.3, 0.4) is 0 Å². The zero-order chi connectivity index (χ0) is 13.1. The lowest BCUT2D eigenvalue weighted by atomic mass is 10.2. The zero-order valence-corrected chi connectivity index (χ0v) is 10.6. The highest BCUT2D eigenvalue weighted by molar-refractivity contribution is 7.11. The van der Waals surface area contributed by atoms with Crippen LogP contribution in [0.25, 0.3) is 0 Å². The Morgan fingerprint density at radius 1 is 1.50 bits per heavy atom. The number of rotatable bonds is 3. The van der Waals surface area contributed by atoms with E-state index < -0.39 is 11.7 Å². The SMILES string of the molecule is Cc1ccc(CNC(=O)c2ccnc(N)c2F)s1. The number of halogens is 1. The number of pyridine rings is 1. The topological polar surface area (TPSA) is 68.0 Å². The third-order valence-electron chi connectivity index (χ3n) is 2.38. The van der Waals surface area contributed by atoms with Gasteiger partial charge in [-0.15, -0.1) is 11.3 Å². The van der Waals surface area contributed by atoms with Crippen molar-refractivity contribution in [2.75, 3.05) is 5.73 Å². The standard InChI is InChI=1S/C12H12FN3OS/c1-7-2-3-8(18-7)6-16-12(17)9-4-5-15-11(14)10(9)13/h2-5H,6H2,1H3,(H2,14,15)(H,16,17). The first-order chi connectivity index (χ1) is 8.58. The highest BCUT2D eigenvalue weighted by Gasteiger charge is 2.14. The van der Waals surface area contributed by atoms with Gasteiger partial charge >= 0.3 is 0 Å². The number of nitrogens with one attached hydrogen (secondary N) is 1. The molecule has 94 valence electrons. The summed E-state index contributed by atoms with van der Waals surface area (Å²) in [5.41, 5.74) is 5.22. The van der Waals surface area contributed by atoms with Crippen molar-refractivity contribution < 1.29 is 9.18 Å². The lowest BCUT2D eigenvalue weighted by Gasteiger charge is -2.05. The smallest absolute Gasteiger partial charge is 0.254 e. The predicted octanol–water partition coefficient (Wildman–Crippen LogP) is 2.10. The number of hydrogen-bond donors (Lipinski definition) is 2. The van der Waals surface area contributed by atoms with E-state index in [4.69, 9.17) is 5.73 Å². The second-order valence-electron chi connectivity index (χ2n) is 3.75. The Hall–Kier alpha value is -1.95. The van der Waals surface area contributed by atoms with Gasteiger partial charge in [-0.3, -0.25) is 4.79 Å². The summed E-state index contributed by atoms with van der Waals surface area (Å²) in [6, 6.07) is 5.20. The van der Waals surface area contributed by atoms with E-state index in [1.807, 2.05) is 19.1 Å². The number of aryl methyl sites for hydroxylation is 1. The average Bonchev–Trinajstić information content (AvgIpc) is 2.76. The number of aromatic nitrogens is 1. The third-order valence-corrected chi connectivity index (χ3v) is 3.38. The van der Waals surface area contributed by atoms with Crippen molar-refractivity contribution in [2.45, 2.75) is 13.5 Å². The second kappa shape index (κ2) is 5.14. The fourth-order valence-electron chi connectivity index (χ4n) is 1.48. The van der Waals surface area contributed by atoms with Crippen molar-refractivity contribution >= 4 is 23.1 Å². The van der Waals surface area contributed by atoms with Gasteiger partial charge < -0.3 is 11.1 Å². The number of amides is 1. The van der Waals surface area contributed by atoms with E-state index in [9.17, 15) is 9.18 Å². The molecule has 0 aliphatic rings. The van der Waals surface area contributed by atoms with Crippen molar-refractivity contribution in [3.8, 4) is 0 Å². The quantitative estimate of drug-likeness (QED) is 0.893. The van der Waals surface area contributed by atoms with Gasteiger partial charge in [-0.2, -0.15) is 0 Å². The molecular weight excluding hydrogens is 253 g/mol. The van der Waals surface area contributed by atoms with E-state index in [0.29, 0.717) is 6.54 Å². The number of thiophene rings is 1. The van der Waals surface area contributed by atoms with E-state index >= 15 is 0 Å². The lowest BCUT2D eigenvalue weighted by molar-refractivity contribution is 0.0947. The molecule has 0 radical (unpaired) electrons. The molecule has 4 nitrogen and oxygen atoms in total. The van der Waals surface area contributed by atoms with Gasteiger partial charge in [0, 0.05) is 16.0 Å². The molecule has 0 saturated heterocycles. The fraction of sp³-hybridized carbons (Fsp3) is 0.167. The summed E-state index contributed by atoms with van der Waals surface area (Å²) in [5.74, 6) is -1.54. The molecule has 0 saturated carbocycles. The fourth-order valence-corrected chi connectivity index (χ4v) is 2.31. The molecule has 0 unspecified atom stereocenters. The Morgan fingerprint density at radius 2 is 2.28 bits per heavy atom. The molecule has 3 N–H and O–H groups in total. The van der Waals surface area contributed by atoms with Crippen LogP contribution in [0.5, 0.6) is 0 Å². The minimum atomic E-state index is -0.780. The normalized spacial score (nSPS) is 10.3. The molecule has 0 bridgehead atoms. The predicted molar refractivity (Wildman–Crippen MR) is 68.8 cm³/mol. The monoisotopic (exact) mass is 265 g/mol. The van der Waals surface area contributed by atoms with Gasteiger partial charge in [0.25, 0.3) is 5.91 Å². The first kappa shape index (κ1) is 12.5. The van der Waals surface area contributed by atoms with E-state index in [1.165, 1.54) is 17.1 Å². The Kier molecular flexibility index (Phi) is 3.57. The first-order valence-electron chi connectivity index (χ1n) is 5.31. The van der Waals surface area contributed by atoms with Crippen molar-refractivity contribution in [1.29, 1.82) is 0 Å². The maximum Gasteiger partial charge on any atom is 0.254 e. The van der Waals surface area contributed by atoms with Gasteiger partial charge in [-0.25, -0.2) is 9.37 Å². The van der Waals surface area contributed by atoms with Gasteiger partial charge in [0.1, 0.15) is 0 Å². The van der Waals surface area contributed by atoms with Crippen LogP contribution in [0.15, 0.2) is 24.4 Å². The van der Waals surface area contributed by atoms with Crippen LogP contribution in [0.4, 0.5) is 10.2 Å². The maximum absolute atomic E-state index is 13.5. The largest absolute Gasteiger partial charge is 0.381 e. The van der Waals surface area contributed by atoms with E-state index in [1.54, 1.807) is 11.3 Å². The molecule has 2 rings (SSSR count). The number of anilines is 1. The van der Waals surface area contributed by atoms with E-state index in [2.05, 4.69) is 10.3 Å². The number of nitrogens with two attached hydrogens (primary N) is 1. The molecule has 0 atom stereocenters. The molecule has 0 aliphatic carbocycles. The Labute approximate surface area is 108 Å².